The Labute approximate surface area is 245 Å². The smallest absolute Gasteiger partial charge is 0.407 e. The van der Waals surface area contributed by atoms with Crippen LogP contribution in [0.5, 0.6) is 0 Å². The van der Waals surface area contributed by atoms with Gasteiger partial charge in [-0.1, -0.05) is 46.2 Å². The SMILES string of the molecule is CC[C@H]1[C@@H](O)C2[C@@H]3CC[C@H]([C@H](C)CCOC(=O)NCc4ccc(C(=O)O)cc4)C3(C)CC[C@@H]2[C@]2(C)CC[C@@H](O)C[C@@H]12. The fraction of sp³-hybridized carbons (Fsp3) is 0.765. The number of nitrogens with one attached hydrogen (secondary N) is 1. The first kappa shape index (κ1) is 30.3. The van der Waals surface area contributed by atoms with Gasteiger partial charge in [0, 0.05) is 6.54 Å². The molecular weight excluding hydrogens is 518 g/mol. The summed E-state index contributed by atoms with van der Waals surface area (Å²) < 4.78 is 5.53. The third-order valence-corrected chi connectivity index (χ3v) is 12.6. The number of carbonyl (C=O) groups excluding carboxylic acids is 1. The van der Waals surface area contributed by atoms with E-state index in [1.165, 1.54) is 37.8 Å². The summed E-state index contributed by atoms with van der Waals surface area (Å²) in [6.45, 7) is 10.2. The minimum absolute atomic E-state index is 0.196. The van der Waals surface area contributed by atoms with Gasteiger partial charge in [0.05, 0.1) is 24.4 Å². The van der Waals surface area contributed by atoms with Crippen molar-refractivity contribution in [2.45, 2.75) is 104 Å². The van der Waals surface area contributed by atoms with Crippen LogP contribution >= 0.6 is 0 Å². The van der Waals surface area contributed by atoms with Crippen molar-refractivity contribution in [1.82, 2.24) is 5.32 Å². The number of carboxylic acids is 1. The molecule has 0 bridgehead atoms. The first-order valence-electron chi connectivity index (χ1n) is 16.1. The third-order valence-electron chi connectivity index (χ3n) is 12.6. The zero-order valence-corrected chi connectivity index (χ0v) is 25.4. The average molecular weight is 570 g/mol. The highest BCUT2D eigenvalue weighted by Gasteiger charge is 2.64. The number of hydrogen-bond donors (Lipinski definition) is 4. The molecule has 0 radical (unpaired) electrons. The standard InChI is InChI=1S/C34H51NO6/c1-5-24-28-18-23(36)12-15-34(28,4)27-13-16-33(3)25(10-11-26(33)29(27)30(24)37)20(2)14-17-41-32(40)35-19-21-6-8-22(9-7-21)31(38)39/h6-9,20,23-30,36-37H,5,10-19H2,1-4H3,(H,35,40)(H,38,39)/t20-,23-,24-,25-,26+,27+,28+,29?,30-,33?,34+/m1/s1. The molecule has 1 aromatic rings. The van der Waals surface area contributed by atoms with E-state index in [0.717, 1.165) is 37.7 Å². The molecule has 0 aromatic heterocycles. The number of rotatable bonds is 8. The van der Waals surface area contributed by atoms with Crippen LogP contribution in [0, 0.1) is 52.3 Å². The summed E-state index contributed by atoms with van der Waals surface area (Å²) in [5, 5.41) is 34.2. The fourth-order valence-electron chi connectivity index (χ4n) is 10.5. The molecule has 1 aromatic carbocycles. The highest BCUT2D eigenvalue weighted by atomic mass is 16.5. The second-order valence-electron chi connectivity index (χ2n) is 14.4. The maximum absolute atomic E-state index is 12.3. The molecule has 5 rings (SSSR count). The number of aliphatic hydroxyl groups excluding tert-OH is 2. The highest BCUT2D eigenvalue weighted by Crippen LogP contribution is 2.69. The number of amides is 1. The summed E-state index contributed by atoms with van der Waals surface area (Å²) in [4.78, 5) is 23.3. The van der Waals surface area contributed by atoms with Gasteiger partial charge in [0.25, 0.3) is 0 Å². The second kappa shape index (κ2) is 11.9. The van der Waals surface area contributed by atoms with Crippen molar-refractivity contribution < 1.29 is 29.6 Å². The molecule has 228 valence electrons. The van der Waals surface area contributed by atoms with E-state index < -0.39 is 12.1 Å². The predicted octanol–water partition coefficient (Wildman–Crippen LogP) is 6.26. The van der Waals surface area contributed by atoms with Crippen molar-refractivity contribution in [3.05, 3.63) is 35.4 Å². The van der Waals surface area contributed by atoms with Crippen molar-refractivity contribution >= 4 is 12.1 Å². The van der Waals surface area contributed by atoms with Crippen LogP contribution in [0.2, 0.25) is 0 Å². The Hall–Kier alpha value is -2.12. The normalized spacial score (nSPS) is 40.5. The maximum Gasteiger partial charge on any atom is 0.407 e. The molecular formula is C34H51NO6. The number of ether oxygens (including phenoxy) is 1. The van der Waals surface area contributed by atoms with Gasteiger partial charge >= 0.3 is 12.1 Å². The average Bonchev–Trinajstić information content (AvgIpc) is 3.30. The van der Waals surface area contributed by atoms with Gasteiger partial charge in [0.15, 0.2) is 0 Å². The zero-order chi connectivity index (χ0) is 29.5. The number of carboxylic acid groups (broad SMARTS) is 1. The lowest BCUT2D eigenvalue weighted by atomic mass is 9.41. The van der Waals surface area contributed by atoms with Crippen molar-refractivity contribution in [2.75, 3.05) is 6.61 Å². The number of aliphatic hydroxyl groups is 2. The van der Waals surface area contributed by atoms with Crippen LogP contribution in [0.4, 0.5) is 4.79 Å². The molecule has 4 saturated carbocycles. The molecule has 41 heavy (non-hydrogen) atoms. The lowest BCUT2D eigenvalue weighted by molar-refractivity contribution is -0.203. The minimum Gasteiger partial charge on any atom is -0.478 e. The monoisotopic (exact) mass is 569 g/mol. The Morgan fingerprint density at radius 1 is 1.00 bits per heavy atom. The van der Waals surface area contributed by atoms with Gasteiger partial charge in [-0.05, 0) is 121 Å². The Bertz CT molecular complexity index is 1090. The molecule has 4 N–H and O–H groups in total. The minimum atomic E-state index is -0.971. The van der Waals surface area contributed by atoms with Gasteiger partial charge in [0.2, 0.25) is 0 Å². The molecule has 0 saturated heterocycles. The largest absolute Gasteiger partial charge is 0.478 e. The van der Waals surface area contributed by atoms with E-state index in [9.17, 15) is 19.8 Å². The summed E-state index contributed by atoms with van der Waals surface area (Å²) >= 11 is 0. The highest BCUT2D eigenvalue weighted by molar-refractivity contribution is 5.87. The molecule has 7 heteroatoms. The molecule has 0 heterocycles. The summed E-state index contributed by atoms with van der Waals surface area (Å²) in [5.41, 5.74) is 1.45. The first-order chi connectivity index (χ1) is 19.5. The summed E-state index contributed by atoms with van der Waals surface area (Å²) in [6.07, 6.45) is 8.40. The molecule has 1 amide bonds. The van der Waals surface area contributed by atoms with Crippen LogP contribution in [-0.4, -0.2) is 46.2 Å². The van der Waals surface area contributed by atoms with Crippen molar-refractivity contribution in [3.8, 4) is 0 Å². The van der Waals surface area contributed by atoms with Gasteiger partial charge < -0.3 is 25.4 Å². The molecule has 4 fully saturated rings. The number of alkyl carbamates (subject to hydrolysis) is 1. The number of hydrogen-bond acceptors (Lipinski definition) is 5. The van der Waals surface area contributed by atoms with Crippen molar-refractivity contribution in [1.29, 1.82) is 0 Å². The molecule has 7 nitrogen and oxygen atoms in total. The number of aromatic carboxylic acids is 1. The number of fused-ring (bicyclic) bond motifs is 5. The topological polar surface area (TPSA) is 116 Å². The van der Waals surface area contributed by atoms with Gasteiger partial charge in [-0.25, -0.2) is 9.59 Å². The van der Waals surface area contributed by atoms with Crippen LogP contribution in [-0.2, 0) is 11.3 Å². The molecule has 4 aliphatic rings. The molecule has 0 spiro atoms. The Morgan fingerprint density at radius 2 is 1.68 bits per heavy atom. The van der Waals surface area contributed by atoms with Crippen LogP contribution in [0.15, 0.2) is 24.3 Å². The van der Waals surface area contributed by atoms with Crippen LogP contribution in [0.3, 0.4) is 0 Å². The van der Waals surface area contributed by atoms with Crippen LogP contribution in [0.25, 0.3) is 0 Å². The Kier molecular flexibility index (Phi) is 8.78. The van der Waals surface area contributed by atoms with E-state index >= 15 is 0 Å². The maximum atomic E-state index is 12.3. The fourth-order valence-corrected chi connectivity index (χ4v) is 10.5. The van der Waals surface area contributed by atoms with Crippen molar-refractivity contribution in [3.63, 3.8) is 0 Å². The van der Waals surface area contributed by atoms with E-state index in [0.29, 0.717) is 48.7 Å². The summed E-state index contributed by atoms with van der Waals surface area (Å²) in [7, 11) is 0. The lowest BCUT2D eigenvalue weighted by Gasteiger charge is -2.64. The molecule has 4 aliphatic carbocycles. The van der Waals surface area contributed by atoms with Crippen LogP contribution < -0.4 is 5.32 Å². The van der Waals surface area contributed by atoms with E-state index in [4.69, 9.17) is 9.84 Å². The van der Waals surface area contributed by atoms with E-state index in [-0.39, 0.29) is 34.5 Å². The summed E-state index contributed by atoms with van der Waals surface area (Å²) in [6, 6.07) is 6.45. The molecule has 11 atom stereocenters. The summed E-state index contributed by atoms with van der Waals surface area (Å²) in [5.74, 6) is 2.11. The van der Waals surface area contributed by atoms with Gasteiger partial charge in [-0.3, -0.25) is 0 Å². The second-order valence-corrected chi connectivity index (χ2v) is 14.4. The van der Waals surface area contributed by atoms with Gasteiger partial charge in [0.1, 0.15) is 0 Å². The Balaban J connectivity index is 1.17. The van der Waals surface area contributed by atoms with E-state index in [2.05, 4.69) is 33.0 Å². The van der Waals surface area contributed by atoms with Gasteiger partial charge in [-0.2, -0.15) is 0 Å². The quantitative estimate of drug-likeness (QED) is 0.294. The Morgan fingerprint density at radius 3 is 2.37 bits per heavy atom. The number of benzene rings is 1. The number of carbonyl (C=O) groups is 2. The lowest BCUT2D eigenvalue weighted by Crippen LogP contribution is -2.62. The van der Waals surface area contributed by atoms with Crippen LogP contribution in [0.1, 0.15) is 101 Å². The molecule has 0 aliphatic heterocycles. The zero-order valence-electron chi connectivity index (χ0n) is 25.4. The third kappa shape index (κ3) is 5.53. The first-order valence-corrected chi connectivity index (χ1v) is 16.1. The van der Waals surface area contributed by atoms with E-state index in [1.807, 2.05) is 0 Å². The predicted molar refractivity (Wildman–Crippen MR) is 157 cm³/mol. The van der Waals surface area contributed by atoms with Gasteiger partial charge in [-0.15, -0.1) is 0 Å². The molecule has 2 unspecified atom stereocenters. The van der Waals surface area contributed by atoms with Crippen molar-refractivity contribution in [2.24, 2.45) is 52.3 Å². The van der Waals surface area contributed by atoms with E-state index in [1.54, 1.807) is 12.1 Å².